The van der Waals surface area contributed by atoms with Crippen molar-refractivity contribution in [3.05, 3.63) is 64.1 Å². The van der Waals surface area contributed by atoms with Crippen molar-refractivity contribution in [2.75, 3.05) is 42.5 Å². The van der Waals surface area contributed by atoms with Gasteiger partial charge in [0, 0.05) is 38.8 Å². The predicted octanol–water partition coefficient (Wildman–Crippen LogP) is 3.99. The Morgan fingerprint density at radius 2 is 1.89 bits per heavy atom. The van der Waals surface area contributed by atoms with E-state index in [1.54, 1.807) is 9.47 Å². The number of carbonyl (C=O) groups is 1. The second-order valence-corrected chi connectivity index (χ2v) is 10.2. The molecule has 36 heavy (non-hydrogen) atoms. The number of nitrogens with zero attached hydrogens (tertiary/aromatic N) is 6. The molecule has 2 aliphatic rings. The van der Waals surface area contributed by atoms with E-state index in [2.05, 4.69) is 35.2 Å². The minimum absolute atomic E-state index is 0.0506. The highest BCUT2D eigenvalue weighted by Gasteiger charge is 2.30. The van der Waals surface area contributed by atoms with Crippen LogP contribution < -0.4 is 15.5 Å². The van der Waals surface area contributed by atoms with E-state index in [4.69, 9.17) is 16.6 Å². The molecular weight excluding hydrogens is 476 g/mol. The van der Waals surface area contributed by atoms with E-state index in [0.29, 0.717) is 41.9 Å². The van der Waals surface area contributed by atoms with Crippen LogP contribution in [0.2, 0.25) is 5.02 Å². The van der Waals surface area contributed by atoms with Crippen molar-refractivity contribution in [2.45, 2.75) is 39.2 Å². The second-order valence-electron chi connectivity index (χ2n) is 9.80. The molecule has 188 valence electrons. The maximum absolute atomic E-state index is 13.7. The van der Waals surface area contributed by atoms with Crippen LogP contribution >= 0.6 is 11.6 Å². The minimum atomic E-state index is -0.383. The molecule has 2 aromatic heterocycles. The molecule has 9 heteroatoms. The number of anilines is 2. The number of piperazine rings is 1. The lowest BCUT2D eigenvalue weighted by atomic mass is 10.0. The number of hydrogen-bond acceptors (Lipinski definition) is 6. The highest BCUT2D eigenvalue weighted by Crippen LogP contribution is 2.35. The van der Waals surface area contributed by atoms with Crippen LogP contribution in [0.5, 0.6) is 0 Å². The van der Waals surface area contributed by atoms with Crippen molar-refractivity contribution < 1.29 is 4.79 Å². The molecule has 2 fully saturated rings. The van der Waals surface area contributed by atoms with E-state index in [9.17, 15) is 9.59 Å². The minimum Gasteiger partial charge on any atom is -0.355 e. The molecule has 1 atom stereocenters. The van der Waals surface area contributed by atoms with Gasteiger partial charge in [-0.05, 0) is 43.0 Å². The van der Waals surface area contributed by atoms with Crippen molar-refractivity contribution in [2.24, 2.45) is 0 Å². The summed E-state index contributed by atoms with van der Waals surface area (Å²) < 4.78 is 1.62. The van der Waals surface area contributed by atoms with Gasteiger partial charge >= 0.3 is 5.69 Å². The van der Waals surface area contributed by atoms with Gasteiger partial charge in [0.1, 0.15) is 11.6 Å². The third kappa shape index (κ3) is 4.13. The molecule has 1 amide bonds. The Morgan fingerprint density at radius 3 is 2.53 bits per heavy atom. The summed E-state index contributed by atoms with van der Waals surface area (Å²) in [6, 6.07) is 9.73. The lowest BCUT2D eigenvalue weighted by Gasteiger charge is -2.40. The number of amides is 1. The second kappa shape index (κ2) is 9.58. The third-order valence-electron chi connectivity index (χ3n) is 7.12. The van der Waals surface area contributed by atoms with Crippen LogP contribution in [0.25, 0.3) is 16.7 Å². The predicted molar refractivity (Wildman–Crippen MR) is 145 cm³/mol. The highest BCUT2D eigenvalue weighted by atomic mass is 35.5. The van der Waals surface area contributed by atoms with Gasteiger partial charge in [0.2, 0.25) is 5.91 Å². The summed E-state index contributed by atoms with van der Waals surface area (Å²) in [6.45, 7) is 13.2. The first-order chi connectivity index (χ1) is 17.3. The number of benzene rings is 1. The summed E-state index contributed by atoms with van der Waals surface area (Å²) in [5.74, 6) is 1.36. The largest absolute Gasteiger partial charge is 0.355 e. The Bertz CT molecular complexity index is 1400. The molecule has 4 heterocycles. The third-order valence-corrected chi connectivity index (χ3v) is 7.40. The first-order valence-corrected chi connectivity index (χ1v) is 12.8. The molecule has 0 N–H and O–H groups in total. The van der Waals surface area contributed by atoms with E-state index in [1.807, 2.05) is 37.3 Å². The summed E-state index contributed by atoms with van der Waals surface area (Å²) >= 11 is 6.76. The van der Waals surface area contributed by atoms with Gasteiger partial charge in [0.25, 0.3) is 0 Å². The lowest BCUT2D eigenvalue weighted by Crippen LogP contribution is -2.54. The summed E-state index contributed by atoms with van der Waals surface area (Å²) in [6.07, 6.45) is 2.43. The van der Waals surface area contributed by atoms with E-state index in [-0.39, 0.29) is 23.6 Å². The highest BCUT2D eigenvalue weighted by molar-refractivity contribution is 6.33. The van der Waals surface area contributed by atoms with Gasteiger partial charge in [-0.15, -0.1) is 0 Å². The van der Waals surface area contributed by atoms with Gasteiger partial charge in [0.15, 0.2) is 5.65 Å². The fraction of sp³-hybridized carbons (Fsp3) is 0.407. The molecule has 5 rings (SSSR count). The van der Waals surface area contributed by atoms with Gasteiger partial charge in [0.05, 0.1) is 16.1 Å². The molecule has 0 spiro atoms. The number of fused-ring (bicyclic) bond motifs is 1. The molecular formula is C27H31ClN6O2. The summed E-state index contributed by atoms with van der Waals surface area (Å²) in [5.41, 5.74) is 1.98. The maximum Gasteiger partial charge on any atom is 0.355 e. The van der Waals surface area contributed by atoms with Crippen LogP contribution in [0.1, 0.15) is 38.7 Å². The van der Waals surface area contributed by atoms with Crippen LogP contribution in [0, 0.1) is 0 Å². The van der Waals surface area contributed by atoms with Crippen molar-refractivity contribution in [3.8, 4) is 5.69 Å². The SMILES string of the molecule is C=CC(=O)N1CCN(c2nc(=O)n(-c3ccccc3C(C)C)c3nc(N4CCC4)c(Cl)cc23)[C@@H](C)C1. The number of rotatable bonds is 5. The summed E-state index contributed by atoms with van der Waals surface area (Å²) in [7, 11) is 0. The average molecular weight is 507 g/mol. The number of halogens is 1. The van der Waals surface area contributed by atoms with E-state index >= 15 is 0 Å². The quantitative estimate of drug-likeness (QED) is 0.487. The Balaban J connectivity index is 1.72. The molecule has 2 aliphatic heterocycles. The molecule has 8 nitrogen and oxygen atoms in total. The molecule has 0 saturated carbocycles. The zero-order chi connectivity index (χ0) is 25.6. The van der Waals surface area contributed by atoms with E-state index in [1.165, 1.54) is 6.08 Å². The van der Waals surface area contributed by atoms with E-state index < -0.39 is 0 Å². The van der Waals surface area contributed by atoms with E-state index in [0.717, 1.165) is 36.1 Å². The number of aromatic nitrogens is 3. The van der Waals surface area contributed by atoms with Gasteiger partial charge in [-0.25, -0.2) is 14.3 Å². The molecule has 0 bridgehead atoms. The first-order valence-electron chi connectivity index (χ1n) is 12.5. The zero-order valence-corrected chi connectivity index (χ0v) is 21.7. The number of para-hydroxylation sites is 1. The molecule has 0 aliphatic carbocycles. The molecule has 3 aromatic rings. The van der Waals surface area contributed by atoms with Gasteiger partial charge < -0.3 is 14.7 Å². The fourth-order valence-corrected chi connectivity index (χ4v) is 5.33. The summed E-state index contributed by atoms with van der Waals surface area (Å²) in [5, 5.41) is 1.26. The maximum atomic E-state index is 13.7. The van der Waals surface area contributed by atoms with Crippen LogP contribution in [-0.4, -0.2) is 64.1 Å². The Kier molecular flexibility index (Phi) is 6.47. The van der Waals surface area contributed by atoms with Gasteiger partial charge in [-0.2, -0.15) is 4.98 Å². The van der Waals surface area contributed by atoms with Crippen molar-refractivity contribution >= 4 is 40.2 Å². The first kappa shape index (κ1) is 24.3. The van der Waals surface area contributed by atoms with Crippen molar-refractivity contribution in [1.82, 2.24) is 19.4 Å². The van der Waals surface area contributed by atoms with Gasteiger partial charge in [-0.3, -0.25) is 4.79 Å². The van der Waals surface area contributed by atoms with Crippen molar-refractivity contribution in [3.63, 3.8) is 0 Å². The fourth-order valence-electron chi connectivity index (χ4n) is 5.06. The number of pyridine rings is 1. The average Bonchev–Trinajstić information content (AvgIpc) is 2.83. The normalized spacial score (nSPS) is 18.0. The smallest absolute Gasteiger partial charge is 0.355 e. The van der Waals surface area contributed by atoms with Gasteiger partial charge in [-0.1, -0.05) is 50.2 Å². The molecule has 0 radical (unpaired) electrons. The monoisotopic (exact) mass is 506 g/mol. The molecule has 1 aromatic carbocycles. The zero-order valence-electron chi connectivity index (χ0n) is 20.9. The Morgan fingerprint density at radius 1 is 1.14 bits per heavy atom. The van der Waals surface area contributed by atoms with Crippen LogP contribution in [0.15, 0.2) is 47.8 Å². The van der Waals surface area contributed by atoms with Crippen molar-refractivity contribution in [1.29, 1.82) is 0 Å². The topological polar surface area (TPSA) is 74.6 Å². The number of hydrogen-bond donors (Lipinski definition) is 0. The van der Waals surface area contributed by atoms with Crippen LogP contribution in [-0.2, 0) is 4.79 Å². The number of carbonyl (C=O) groups excluding carboxylic acids is 1. The van der Waals surface area contributed by atoms with Crippen LogP contribution in [0.4, 0.5) is 11.6 Å². The Labute approximate surface area is 215 Å². The summed E-state index contributed by atoms with van der Waals surface area (Å²) in [4.78, 5) is 41.4. The van der Waals surface area contributed by atoms with Crippen LogP contribution in [0.3, 0.4) is 0 Å². The standard InChI is InChI=1S/C27H31ClN6O2/c1-5-23(35)32-13-14-33(18(4)16-32)24-20-15-21(28)26(31-11-8-12-31)29-25(20)34(27(36)30-24)22-10-7-6-9-19(22)17(2)3/h5-7,9-10,15,17-18H,1,8,11-14,16H2,2-4H3/t18-/m0/s1. The lowest BCUT2D eigenvalue weighted by molar-refractivity contribution is -0.126. The molecule has 2 saturated heterocycles. The Hall–Kier alpha value is -3.39. The molecule has 0 unspecified atom stereocenters.